The topological polar surface area (TPSA) is 49.4 Å². The molecule has 0 spiro atoms. The van der Waals surface area contributed by atoms with E-state index >= 15 is 0 Å². The fourth-order valence-corrected chi connectivity index (χ4v) is 2.61. The minimum atomic E-state index is -4.79. The number of hydrogen-bond acceptors (Lipinski definition) is 2. The molecule has 2 amide bonds. The summed E-state index contributed by atoms with van der Waals surface area (Å²) in [4.78, 5) is 25.1. The van der Waals surface area contributed by atoms with Gasteiger partial charge in [0, 0.05) is 19.5 Å². The van der Waals surface area contributed by atoms with Crippen molar-refractivity contribution in [2.24, 2.45) is 0 Å². The lowest BCUT2D eigenvalue weighted by molar-refractivity contribution is -0.140. The number of hydrogen-bond donors (Lipinski definition) is 1. The number of nitrogens with one attached hydrogen (secondary N) is 1. The van der Waals surface area contributed by atoms with E-state index in [0.29, 0.717) is 19.0 Å². The molecule has 1 heterocycles. The minimum absolute atomic E-state index is 0.117. The molecule has 0 radical (unpaired) electrons. The van der Waals surface area contributed by atoms with E-state index in [0.717, 1.165) is 6.07 Å². The Hall–Kier alpha value is -2.12. The molecule has 126 valence electrons. The van der Waals surface area contributed by atoms with Crippen molar-refractivity contribution < 1.29 is 27.2 Å². The molecular weight excluding hydrogens is 316 g/mol. The van der Waals surface area contributed by atoms with Gasteiger partial charge in [0.2, 0.25) is 11.8 Å². The first-order valence-electron chi connectivity index (χ1n) is 7.16. The molecule has 0 aromatic heterocycles. The van der Waals surface area contributed by atoms with Gasteiger partial charge < -0.3 is 10.2 Å². The summed E-state index contributed by atoms with van der Waals surface area (Å²) in [6.45, 7) is 1.98. The molecule has 1 saturated heterocycles. The van der Waals surface area contributed by atoms with Crippen LogP contribution in [0, 0.1) is 5.82 Å². The summed E-state index contributed by atoms with van der Waals surface area (Å²) in [7, 11) is 0. The molecule has 1 aromatic rings. The first-order chi connectivity index (χ1) is 10.7. The number of carbonyl (C=O) groups is 2. The lowest BCUT2D eigenvalue weighted by Gasteiger charge is -2.22. The third-order valence-corrected chi connectivity index (χ3v) is 3.77. The van der Waals surface area contributed by atoms with Gasteiger partial charge in [-0.3, -0.25) is 9.59 Å². The van der Waals surface area contributed by atoms with Crippen molar-refractivity contribution in [3.63, 3.8) is 0 Å². The third-order valence-electron chi connectivity index (χ3n) is 3.77. The Bertz CT molecular complexity index is 616. The molecule has 0 aliphatic carbocycles. The highest BCUT2D eigenvalue weighted by atomic mass is 19.4. The Labute approximate surface area is 130 Å². The van der Waals surface area contributed by atoms with Crippen LogP contribution >= 0.6 is 0 Å². The van der Waals surface area contributed by atoms with Crippen LogP contribution in [0.15, 0.2) is 18.2 Å². The molecule has 0 saturated carbocycles. The van der Waals surface area contributed by atoms with E-state index in [1.165, 1.54) is 11.0 Å². The van der Waals surface area contributed by atoms with Gasteiger partial charge in [-0.25, -0.2) is 4.39 Å². The Kier molecular flexibility index (Phi) is 4.91. The van der Waals surface area contributed by atoms with Gasteiger partial charge in [0.1, 0.15) is 11.9 Å². The summed E-state index contributed by atoms with van der Waals surface area (Å²) in [6, 6.07) is 1.98. The lowest BCUT2D eigenvalue weighted by Crippen LogP contribution is -2.44. The molecule has 1 fully saturated rings. The third kappa shape index (κ3) is 3.80. The predicted octanol–water partition coefficient (Wildman–Crippen LogP) is 2.47. The van der Waals surface area contributed by atoms with E-state index in [1.807, 2.05) is 0 Å². The summed E-state index contributed by atoms with van der Waals surface area (Å²) in [5.74, 6) is -1.89. The maximum atomic E-state index is 13.2. The van der Waals surface area contributed by atoms with Crippen LogP contribution < -0.4 is 5.32 Å². The number of alkyl halides is 3. The predicted molar refractivity (Wildman–Crippen MR) is 73.7 cm³/mol. The van der Waals surface area contributed by atoms with E-state index in [1.54, 1.807) is 6.92 Å². The first kappa shape index (κ1) is 17.2. The zero-order valence-electron chi connectivity index (χ0n) is 12.4. The van der Waals surface area contributed by atoms with Gasteiger partial charge in [0.15, 0.2) is 0 Å². The maximum absolute atomic E-state index is 13.2. The van der Waals surface area contributed by atoms with Crippen molar-refractivity contribution in [3.05, 3.63) is 35.1 Å². The largest absolute Gasteiger partial charge is 0.419 e. The minimum Gasteiger partial charge on any atom is -0.350 e. The van der Waals surface area contributed by atoms with Gasteiger partial charge in [0.25, 0.3) is 0 Å². The van der Waals surface area contributed by atoms with Crippen molar-refractivity contribution in [2.75, 3.05) is 6.54 Å². The quantitative estimate of drug-likeness (QED) is 0.861. The van der Waals surface area contributed by atoms with E-state index in [2.05, 4.69) is 5.32 Å². The molecule has 1 aromatic carbocycles. The summed E-state index contributed by atoms with van der Waals surface area (Å²) in [5.41, 5.74) is -1.23. The highest BCUT2D eigenvalue weighted by Crippen LogP contribution is 2.31. The molecule has 1 aliphatic rings. The molecule has 2 rings (SSSR count). The van der Waals surface area contributed by atoms with Crippen molar-refractivity contribution in [2.45, 2.75) is 38.5 Å². The summed E-state index contributed by atoms with van der Waals surface area (Å²) >= 11 is 0. The van der Waals surface area contributed by atoms with E-state index < -0.39 is 29.5 Å². The molecule has 23 heavy (non-hydrogen) atoms. The SMILES string of the molecule is CCN1C(=O)CC[C@H]1C(=O)NCc1ccc(F)c(C(F)(F)F)c1. The number of halogens is 4. The van der Waals surface area contributed by atoms with E-state index in [-0.39, 0.29) is 24.4 Å². The van der Waals surface area contributed by atoms with E-state index in [4.69, 9.17) is 0 Å². The van der Waals surface area contributed by atoms with Crippen molar-refractivity contribution in [3.8, 4) is 0 Å². The normalized spacial score (nSPS) is 18.4. The molecule has 1 N–H and O–H groups in total. The maximum Gasteiger partial charge on any atom is 0.419 e. The highest BCUT2D eigenvalue weighted by Gasteiger charge is 2.35. The second-order valence-electron chi connectivity index (χ2n) is 5.26. The number of amides is 2. The Morgan fingerprint density at radius 1 is 1.39 bits per heavy atom. The van der Waals surface area contributed by atoms with Gasteiger partial charge in [-0.15, -0.1) is 0 Å². The highest BCUT2D eigenvalue weighted by molar-refractivity contribution is 5.90. The molecule has 1 aliphatic heterocycles. The Balaban J connectivity index is 2.04. The monoisotopic (exact) mass is 332 g/mol. The first-order valence-corrected chi connectivity index (χ1v) is 7.16. The van der Waals surface area contributed by atoms with Gasteiger partial charge in [-0.05, 0) is 31.0 Å². The van der Waals surface area contributed by atoms with Crippen LogP contribution in [-0.2, 0) is 22.3 Å². The van der Waals surface area contributed by atoms with Gasteiger partial charge in [-0.2, -0.15) is 13.2 Å². The van der Waals surface area contributed by atoms with Crippen molar-refractivity contribution in [1.29, 1.82) is 0 Å². The van der Waals surface area contributed by atoms with Crippen LogP contribution in [0.2, 0.25) is 0 Å². The average Bonchev–Trinajstić information content (AvgIpc) is 2.85. The van der Waals surface area contributed by atoms with Crippen LogP contribution in [0.1, 0.15) is 30.9 Å². The number of carbonyl (C=O) groups excluding carboxylic acids is 2. The van der Waals surface area contributed by atoms with E-state index in [9.17, 15) is 27.2 Å². The summed E-state index contributed by atoms with van der Waals surface area (Å²) in [6.07, 6.45) is -4.13. The van der Waals surface area contributed by atoms with Crippen LogP contribution in [0.5, 0.6) is 0 Å². The van der Waals surface area contributed by atoms with Gasteiger partial charge in [0.05, 0.1) is 5.56 Å². The number of benzene rings is 1. The molecule has 0 bridgehead atoms. The van der Waals surface area contributed by atoms with Crippen molar-refractivity contribution >= 4 is 11.8 Å². The molecule has 0 unspecified atom stereocenters. The fourth-order valence-electron chi connectivity index (χ4n) is 2.61. The smallest absolute Gasteiger partial charge is 0.350 e. The Morgan fingerprint density at radius 2 is 2.09 bits per heavy atom. The zero-order chi connectivity index (χ0) is 17.2. The number of likely N-dealkylation sites (N-methyl/N-ethyl adjacent to an activating group) is 1. The lowest BCUT2D eigenvalue weighted by atomic mass is 10.1. The fraction of sp³-hybridized carbons (Fsp3) is 0.467. The summed E-state index contributed by atoms with van der Waals surface area (Å²) < 4.78 is 51.1. The Morgan fingerprint density at radius 3 is 2.70 bits per heavy atom. The van der Waals surface area contributed by atoms with Crippen LogP contribution in [0.3, 0.4) is 0 Å². The van der Waals surface area contributed by atoms with Gasteiger partial charge in [-0.1, -0.05) is 6.07 Å². The molecule has 4 nitrogen and oxygen atoms in total. The molecular formula is C15H16F4N2O2. The average molecular weight is 332 g/mol. The molecule has 1 atom stereocenters. The molecule has 8 heteroatoms. The summed E-state index contributed by atoms with van der Waals surface area (Å²) in [5, 5.41) is 2.50. The number of likely N-dealkylation sites (tertiary alicyclic amines) is 1. The second-order valence-corrected chi connectivity index (χ2v) is 5.26. The van der Waals surface area contributed by atoms with Crippen molar-refractivity contribution in [1.82, 2.24) is 10.2 Å². The van der Waals surface area contributed by atoms with Crippen LogP contribution in [-0.4, -0.2) is 29.3 Å². The number of rotatable bonds is 4. The standard InChI is InChI=1S/C15H16F4N2O2/c1-2-21-12(5-6-13(21)22)14(23)20-8-9-3-4-11(16)10(7-9)15(17,18)19/h3-4,7,12H,2,5-6,8H2,1H3,(H,20,23)/t12-/m0/s1. The van der Waals surface area contributed by atoms with Crippen LogP contribution in [0.25, 0.3) is 0 Å². The number of nitrogens with zero attached hydrogens (tertiary/aromatic N) is 1. The van der Waals surface area contributed by atoms with Crippen LogP contribution in [0.4, 0.5) is 17.6 Å². The second kappa shape index (κ2) is 6.55. The van der Waals surface area contributed by atoms with Gasteiger partial charge >= 0.3 is 6.18 Å². The zero-order valence-corrected chi connectivity index (χ0v) is 12.4.